The molecule has 0 saturated carbocycles. The molecule has 0 aromatic carbocycles. The molecule has 0 atom stereocenters. The molecule has 0 unspecified atom stereocenters. The molecule has 4 N–H and O–H groups in total. The van der Waals surface area contributed by atoms with Crippen LogP contribution in [-0.2, 0) is 0 Å². The van der Waals surface area contributed by atoms with Crippen molar-refractivity contribution in [3.8, 4) is 0 Å². The third-order valence-corrected chi connectivity index (χ3v) is 4.63. The molecule has 228 valence electrons. The standard InChI is InChI=1S/2C10H11F7O2.Pb/c2*1-7(2,3)5(18)4-6(19)8(11,12)9(13,14)10(15,16)17;/h2*4H2,1-3H3;/p+4. The molecular formula is C20H26F14O4Pb+4. The zero-order chi connectivity index (χ0) is 31.7. The van der Waals surface area contributed by atoms with Crippen LogP contribution in [0.5, 0.6) is 0 Å². The third-order valence-electron chi connectivity index (χ3n) is 4.63. The second-order valence-corrected chi connectivity index (χ2v) is 9.93. The summed E-state index contributed by atoms with van der Waals surface area (Å²) in [5.41, 5.74) is -2.31. The van der Waals surface area contributed by atoms with Gasteiger partial charge >= 0.3 is 59.2 Å². The first-order valence-electron chi connectivity index (χ1n) is 9.95. The van der Waals surface area contributed by atoms with Gasteiger partial charge in [-0.1, -0.05) is 0 Å². The van der Waals surface area contributed by atoms with Crippen molar-refractivity contribution in [3.05, 3.63) is 0 Å². The molecule has 0 aliphatic carbocycles. The van der Waals surface area contributed by atoms with Gasteiger partial charge in [-0.05, 0) is 41.5 Å². The first-order valence-corrected chi connectivity index (χ1v) is 9.95. The minimum atomic E-state index is -6.53. The first-order chi connectivity index (χ1) is 16.1. The molecule has 0 aliphatic heterocycles. The van der Waals surface area contributed by atoms with Crippen LogP contribution in [0.2, 0.25) is 0 Å². The third kappa shape index (κ3) is 9.89. The zero-order valence-electron chi connectivity index (χ0n) is 21.0. The number of hydrogen-bond acceptors (Lipinski definition) is 0. The second kappa shape index (κ2) is 12.6. The summed E-state index contributed by atoms with van der Waals surface area (Å²) >= 11 is 0. The average Bonchev–Trinajstić information content (AvgIpc) is 2.64. The average molecular weight is 804 g/mol. The van der Waals surface area contributed by atoms with E-state index in [1.165, 1.54) is 41.5 Å². The number of rotatable bonds is 8. The minimum Gasteiger partial charge on any atom is -0.282 e. The maximum absolute atomic E-state index is 13.0. The van der Waals surface area contributed by atoms with E-state index >= 15 is 0 Å². The van der Waals surface area contributed by atoms with Crippen molar-refractivity contribution in [1.29, 1.82) is 0 Å². The van der Waals surface area contributed by atoms with Crippen LogP contribution in [0.25, 0.3) is 0 Å². The summed E-state index contributed by atoms with van der Waals surface area (Å²) < 4.78 is 173. The van der Waals surface area contributed by atoms with Gasteiger partial charge in [-0.3, -0.25) is 19.2 Å². The molecule has 0 fully saturated rings. The summed E-state index contributed by atoms with van der Waals surface area (Å²) in [6, 6.07) is 0. The van der Waals surface area contributed by atoms with Crippen LogP contribution in [0.4, 0.5) is 61.5 Å². The smallest absolute Gasteiger partial charge is 0.282 e. The summed E-state index contributed by atoms with van der Waals surface area (Å²) in [5.74, 6) is -31.1. The first kappa shape index (κ1) is 42.1. The van der Waals surface area contributed by atoms with Crippen LogP contribution >= 0.6 is 0 Å². The summed E-state index contributed by atoms with van der Waals surface area (Å²) in [7, 11) is 0. The Morgan fingerprint density at radius 2 is 0.590 bits per heavy atom. The van der Waals surface area contributed by atoms with Crippen molar-refractivity contribution in [2.24, 2.45) is 10.8 Å². The van der Waals surface area contributed by atoms with E-state index in [9.17, 15) is 71.1 Å². The maximum Gasteiger partial charge on any atom is 0.460 e. The Balaban J connectivity index is -0.000000648. The van der Waals surface area contributed by atoms with Crippen molar-refractivity contribution in [2.45, 2.75) is 90.4 Å². The van der Waals surface area contributed by atoms with Crippen LogP contribution in [0.15, 0.2) is 0 Å². The Morgan fingerprint density at radius 1 is 0.410 bits per heavy atom. The van der Waals surface area contributed by atoms with Gasteiger partial charge < -0.3 is 0 Å². The number of halogens is 14. The molecule has 0 saturated heterocycles. The van der Waals surface area contributed by atoms with Crippen LogP contribution in [0, 0.1) is 10.8 Å². The van der Waals surface area contributed by atoms with E-state index in [0.29, 0.717) is 0 Å². The van der Waals surface area contributed by atoms with E-state index in [1.807, 2.05) is 0 Å². The second-order valence-electron chi connectivity index (χ2n) is 9.93. The van der Waals surface area contributed by atoms with E-state index in [-0.39, 0.29) is 27.3 Å². The van der Waals surface area contributed by atoms with E-state index in [1.54, 1.807) is 0 Å². The molecule has 0 amide bonds. The molecular weight excluding hydrogens is 777 g/mol. The van der Waals surface area contributed by atoms with Crippen LogP contribution in [-0.4, -0.2) is 106 Å². The number of carbonyl (C=O) groups excluding carboxylic acids is 4. The molecule has 4 radical (unpaired) electrons. The van der Waals surface area contributed by atoms with Crippen molar-refractivity contribution < 1.29 is 80.6 Å². The molecule has 0 aliphatic rings. The topological polar surface area (TPSA) is 85.6 Å². The largest absolute Gasteiger partial charge is 0.460 e. The summed E-state index contributed by atoms with van der Waals surface area (Å²) in [6.45, 7) is 7.81. The molecule has 0 aromatic rings. The normalized spacial score (nSPS) is 14.1. The van der Waals surface area contributed by atoms with E-state index in [2.05, 4.69) is 0 Å². The Morgan fingerprint density at radius 3 is 0.718 bits per heavy atom. The monoisotopic (exact) mass is 804 g/mol. The molecule has 0 bridgehead atoms. The molecule has 19 heteroatoms. The van der Waals surface area contributed by atoms with E-state index in [4.69, 9.17) is 9.59 Å². The molecule has 0 spiro atoms. The number of hydrogen-bond donors (Lipinski definition) is 0. The van der Waals surface area contributed by atoms with Gasteiger partial charge in [-0.15, -0.1) is 0 Å². The maximum atomic E-state index is 13.0. The number of ketones is 4. The summed E-state index contributed by atoms with van der Waals surface area (Å²) in [4.78, 5) is 36.2. The van der Waals surface area contributed by atoms with Gasteiger partial charge in [0.15, 0.2) is 12.8 Å². The minimum absolute atomic E-state index is 0. The van der Waals surface area contributed by atoms with Crippen LogP contribution < -0.4 is 0 Å². The van der Waals surface area contributed by atoms with Gasteiger partial charge in [0.1, 0.15) is 0 Å². The van der Waals surface area contributed by atoms with Crippen LogP contribution in [0.1, 0.15) is 54.4 Å². The predicted molar refractivity (Wildman–Crippen MR) is 114 cm³/mol. The Hall–Kier alpha value is -1.38. The molecule has 39 heavy (non-hydrogen) atoms. The van der Waals surface area contributed by atoms with Gasteiger partial charge in [0.2, 0.25) is 0 Å². The van der Waals surface area contributed by atoms with Crippen molar-refractivity contribution in [2.75, 3.05) is 0 Å². The van der Waals surface area contributed by atoms with Crippen LogP contribution in [0.3, 0.4) is 0 Å². The van der Waals surface area contributed by atoms with Gasteiger partial charge in [0.25, 0.3) is 0 Å². The fourth-order valence-electron chi connectivity index (χ4n) is 1.79. The Labute approximate surface area is 232 Å². The Kier molecular flexibility index (Phi) is 13.6. The van der Waals surface area contributed by atoms with Gasteiger partial charge in [0, 0.05) is 27.3 Å². The SMILES string of the molecule is CC(C)(C)C(=[OH+])CC(=[OH+])C(F)(F)C(F)(F)C(F)(F)F.CC(C)(C)C(=[OH+])CC(=[OH+])C(F)(F)C(F)(F)C(F)(F)F.[Pb]. The molecule has 4 nitrogen and oxygen atoms in total. The van der Waals surface area contributed by atoms with Crippen molar-refractivity contribution in [1.82, 2.24) is 0 Å². The van der Waals surface area contributed by atoms with Gasteiger partial charge in [0.05, 0.1) is 10.8 Å². The van der Waals surface area contributed by atoms with Gasteiger partial charge in [-0.25, -0.2) is 0 Å². The van der Waals surface area contributed by atoms with Crippen molar-refractivity contribution in [3.63, 3.8) is 0 Å². The molecule has 0 aromatic heterocycles. The summed E-state index contributed by atoms with van der Waals surface area (Å²) in [6.07, 6.45) is -16.0. The predicted octanol–water partition coefficient (Wildman–Crippen LogP) is 6.31. The fourth-order valence-corrected chi connectivity index (χ4v) is 1.79. The quantitative estimate of drug-likeness (QED) is 0.119. The van der Waals surface area contributed by atoms with E-state index in [0.717, 1.165) is 0 Å². The van der Waals surface area contributed by atoms with Gasteiger partial charge in [-0.2, -0.15) is 61.5 Å². The molecule has 0 heterocycles. The van der Waals surface area contributed by atoms with E-state index < -0.39 is 82.8 Å². The molecule has 0 rings (SSSR count). The zero-order valence-corrected chi connectivity index (χ0v) is 24.9. The van der Waals surface area contributed by atoms with Crippen molar-refractivity contribution >= 4 is 50.4 Å². The fraction of sp³-hybridized carbons (Fsp3) is 0.800. The summed E-state index contributed by atoms with van der Waals surface area (Å²) in [5, 5.41) is 0. The number of alkyl halides is 14. The Bertz CT molecular complexity index is 833.